The first-order valence-electron chi connectivity index (χ1n) is 5.58. The van der Waals surface area contributed by atoms with Crippen molar-refractivity contribution in [1.29, 1.82) is 0 Å². The summed E-state index contributed by atoms with van der Waals surface area (Å²) in [5.41, 5.74) is 0. The van der Waals surface area contributed by atoms with Crippen molar-refractivity contribution in [2.24, 2.45) is 0 Å². The fourth-order valence-electron chi connectivity index (χ4n) is 1.11. The molecule has 0 saturated carbocycles. The largest absolute Gasteiger partial charge is 0.480 e. The van der Waals surface area contributed by atoms with E-state index in [9.17, 15) is 9.59 Å². The van der Waals surface area contributed by atoms with Crippen molar-refractivity contribution in [2.45, 2.75) is 44.8 Å². The number of hydrogen-bond acceptors (Lipinski definition) is 4. The molecule has 1 atom stereocenters. The minimum absolute atomic E-state index is 0.144. The van der Waals surface area contributed by atoms with Crippen LogP contribution in [0.4, 0.5) is 0 Å². The van der Waals surface area contributed by atoms with Gasteiger partial charge >= 0.3 is 11.9 Å². The monoisotopic (exact) mass is 248 g/mol. The Morgan fingerprint density at radius 2 is 2.00 bits per heavy atom. The molecular weight excluding hydrogens is 228 g/mol. The fourth-order valence-corrected chi connectivity index (χ4v) is 1.98. The summed E-state index contributed by atoms with van der Waals surface area (Å²) in [5.74, 6) is -0.0818. The maximum Gasteiger partial charge on any atom is 0.316 e. The summed E-state index contributed by atoms with van der Waals surface area (Å²) in [6.07, 6.45) is 3.17. The lowest BCUT2D eigenvalue weighted by molar-refractivity contribution is -0.143. The number of unbranched alkanes of at least 4 members (excludes halogenated alkanes) is 2. The Morgan fingerprint density at radius 3 is 2.56 bits per heavy atom. The second-order valence-corrected chi connectivity index (χ2v) is 4.92. The molecule has 5 heteroatoms. The van der Waals surface area contributed by atoms with Crippen molar-refractivity contribution < 1.29 is 19.4 Å². The third-order valence-corrected chi connectivity index (χ3v) is 3.27. The molecule has 1 unspecified atom stereocenters. The van der Waals surface area contributed by atoms with Crippen molar-refractivity contribution in [3.8, 4) is 0 Å². The lowest BCUT2D eigenvalue weighted by Crippen LogP contribution is -2.12. The molecule has 0 aromatic heterocycles. The van der Waals surface area contributed by atoms with Gasteiger partial charge in [-0.2, -0.15) is 0 Å². The number of rotatable bonds is 9. The average molecular weight is 248 g/mol. The Hall–Kier alpha value is -0.710. The molecule has 0 radical (unpaired) electrons. The van der Waals surface area contributed by atoms with Crippen LogP contribution in [-0.4, -0.2) is 34.7 Å². The van der Waals surface area contributed by atoms with Crippen LogP contribution >= 0.6 is 11.8 Å². The van der Waals surface area contributed by atoms with Gasteiger partial charge in [0.05, 0.1) is 11.9 Å². The first kappa shape index (κ1) is 15.3. The number of thioether (sulfide) groups is 1. The predicted octanol–water partition coefficient (Wildman–Crippen LogP) is 2.32. The minimum atomic E-state index is -0.767. The van der Waals surface area contributed by atoms with E-state index < -0.39 is 5.97 Å². The summed E-state index contributed by atoms with van der Waals surface area (Å²) in [5, 5.41) is 8.29. The van der Waals surface area contributed by atoms with E-state index in [0.717, 1.165) is 25.0 Å². The van der Waals surface area contributed by atoms with Crippen molar-refractivity contribution in [2.75, 3.05) is 12.4 Å². The normalized spacial score (nSPS) is 12.1. The molecule has 1 N–H and O–H groups in total. The van der Waals surface area contributed by atoms with Crippen LogP contribution in [0.1, 0.15) is 39.5 Å². The molecule has 0 aliphatic heterocycles. The average Bonchev–Trinajstić information content (AvgIpc) is 2.23. The van der Waals surface area contributed by atoms with Crippen molar-refractivity contribution in [3.63, 3.8) is 0 Å². The highest BCUT2D eigenvalue weighted by molar-refractivity contribution is 8.00. The highest BCUT2D eigenvalue weighted by Crippen LogP contribution is 2.14. The smallest absolute Gasteiger partial charge is 0.316 e. The number of carboxylic acid groups (broad SMARTS) is 1. The van der Waals surface area contributed by atoms with Gasteiger partial charge in [-0.25, -0.2) is 0 Å². The van der Waals surface area contributed by atoms with E-state index in [2.05, 4.69) is 0 Å². The molecule has 0 aliphatic rings. The van der Waals surface area contributed by atoms with Gasteiger partial charge < -0.3 is 9.84 Å². The van der Waals surface area contributed by atoms with Gasteiger partial charge in [0.2, 0.25) is 0 Å². The molecule has 0 fully saturated rings. The van der Waals surface area contributed by atoms with E-state index in [0.29, 0.717) is 13.0 Å². The maximum absolute atomic E-state index is 11.0. The number of aliphatic carboxylic acids is 1. The second kappa shape index (κ2) is 9.51. The Morgan fingerprint density at radius 1 is 1.31 bits per heavy atom. The first-order valence-corrected chi connectivity index (χ1v) is 6.62. The van der Waals surface area contributed by atoms with Gasteiger partial charge in [-0.05, 0) is 32.4 Å². The van der Waals surface area contributed by atoms with E-state index in [1.807, 2.05) is 0 Å². The minimum Gasteiger partial charge on any atom is -0.480 e. The van der Waals surface area contributed by atoms with Gasteiger partial charge in [0.15, 0.2) is 0 Å². The van der Waals surface area contributed by atoms with Gasteiger partial charge in [0, 0.05) is 6.42 Å². The summed E-state index contributed by atoms with van der Waals surface area (Å²) in [4.78, 5) is 21.5. The lowest BCUT2D eigenvalue weighted by atomic mass is 10.2. The molecule has 0 aliphatic carbocycles. The quantitative estimate of drug-likeness (QED) is 0.501. The van der Waals surface area contributed by atoms with Gasteiger partial charge in [-0.15, -0.1) is 11.8 Å². The summed E-state index contributed by atoms with van der Waals surface area (Å²) < 4.78 is 4.80. The zero-order valence-electron chi connectivity index (χ0n) is 9.90. The van der Waals surface area contributed by atoms with Crippen LogP contribution in [0.5, 0.6) is 0 Å². The Labute approximate surface area is 101 Å². The highest BCUT2D eigenvalue weighted by atomic mass is 32.2. The van der Waals surface area contributed by atoms with Crippen molar-refractivity contribution >= 4 is 23.7 Å². The molecule has 4 nitrogen and oxygen atoms in total. The fraction of sp³-hybridized carbons (Fsp3) is 0.818. The van der Waals surface area contributed by atoms with Crippen LogP contribution in [0.3, 0.4) is 0 Å². The number of carboxylic acids is 1. The zero-order chi connectivity index (χ0) is 12.4. The molecule has 0 spiro atoms. The molecule has 0 amide bonds. The van der Waals surface area contributed by atoms with Crippen molar-refractivity contribution in [1.82, 2.24) is 0 Å². The van der Waals surface area contributed by atoms with E-state index in [1.54, 1.807) is 13.8 Å². The summed E-state index contributed by atoms with van der Waals surface area (Å²) in [7, 11) is 0. The summed E-state index contributed by atoms with van der Waals surface area (Å²) >= 11 is 1.44. The van der Waals surface area contributed by atoms with Gasteiger partial charge in [-0.3, -0.25) is 9.59 Å². The number of carbonyl (C=O) groups excluding carboxylic acids is 1. The molecule has 0 bridgehead atoms. The molecule has 16 heavy (non-hydrogen) atoms. The van der Waals surface area contributed by atoms with E-state index in [1.165, 1.54) is 11.8 Å². The maximum atomic E-state index is 11.0. The zero-order valence-corrected chi connectivity index (χ0v) is 10.7. The molecule has 0 aromatic carbocycles. The predicted molar refractivity (Wildman–Crippen MR) is 64.7 cm³/mol. The Bertz CT molecular complexity index is 218. The molecule has 0 heterocycles. The molecule has 0 aromatic rings. The Kier molecular flexibility index (Phi) is 9.09. The van der Waals surface area contributed by atoms with Crippen LogP contribution in [0.2, 0.25) is 0 Å². The SMILES string of the molecule is CCOC(=O)CCCCCSC(C)C(=O)O. The molecule has 0 rings (SSSR count). The van der Waals surface area contributed by atoms with Crippen LogP contribution in [0.15, 0.2) is 0 Å². The van der Waals surface area contributed by atoms with Gasteiger partial charge in [0.1, 0.15) is 0 Å². The first-order chi connectivity index (χ1) is 7.57. The topological polar surface area (TPSA) is 63.6 Å². The van der Waals surface area contributed by atoms with Gasteiger partial charge in [0.25, 0.3) is 0 Å². The third-order valence-electron chi connectivity index (χ3n) is 2.05. The Balaban J connectivity index is 3.27. The van der Waals surface area contributed by atoms with Crippen LogP contribution in [-0.2, 0) is 14.3 Å². The standard InChI is InChI=1S/C11H20O4S/c1-3-15-10(12)7-5-4-6-8-16-9(2)11(13)14/h9H,3-8H2,1-2H3,(H,13,14). The van der Waals surface area contributed by atoms with Crippen LogP contribution in [0, 0.1) is 0 Å². The van der Waals surface area contributed by atoms with E-state index in [4.69, 9.17) is 9.84 Å². The summed E-state index contributed by atoms with van der Waals surface area (Å²) in [6, 6.07) is 0. The summed E-state index contributed by atoms with van der Waals surface area (Å²) in [6.45, 7) is 3.91. The number of carbonyl (C=O) groups is 2. The number of ether oxygens (including phenoxy) is 1. The van der Waals surface area contributed by atoms with E-state index >= 15 is 0 Å². The molecule has 0 saturated heterocycles. The van der Waals surface area contributed by atoms with Crippen LogP contribution in [0.25, 0.3) is 0 Å². The highest BCUT2D eigenvalue weighted by Gasteiger charge is 2.10. The number of esters is 1. The molecule has 94 valence electrons. The van der Waals surface area contributed by atoms with Gasteiger partial charge in [-0.1, -0.05) is 6.42 Å². The van der Waals surface area contributed by atoms with E-state index in [-0.39, 0.29) is 11.2 Å². The lowest BCUT2D eigenvalue weighted by Gasteiger charge is -2.05. The number of hydrogen-bond donors (Lipinski definition) is 1. The van der Waals surface area contributed by atoms with Crippen molar-refractivity contribution in [3.05, 3.63) is 0 Å². The van der Waals surface area contributed by atoms with Crippen LogP contribution < -0.4 is 0 Å². The second-order valence-electron chi connectivity index (χ2n) is 3.47. The molecular formula is C11H20O4S. The third kappa shape index (κ3) is 8.59.